The number of hydrogen-bond donors (Lipinski definition) is 0. The lowest BCUT2D eigenvalue weighted by molar-refractivity contribution is -0.130. The van der Waals surface area contributed by atoms with Gasteiger partial charge >= 0.3 is 5.97 Å². The Kier molecular flexibility index (Phi) is 2.81. The Morgan fingerprint density at radius 3 is 2.95 bits per heavy atom. The van der Waals surface area contributed by atoms with Gasteiger partial charge in [-0.15, -0.1) is 0 Å². The molecule has 1 fully saturated rings. The fourth-order valence-electron chi connectivity index (χ4n) is 1.90. The summed E-state index contributed by atoms with van der Waals surface area (Å²) in [6.07, 6.45) is 3.49. The van der Waals surface area contributed by atoms with Crippen LogP contribution in [0.5, 0.6) is 5.75 Å². The topological polar surface area (TPSA) is 47.9 Å². The molecular weight excluding hydrogens is 249 g/mol. The molecule has 1 aliphatic carbocycles. The number of aliphatic imine (C=N–C) groups is 1. The Hall–Kier alpha value is -2.17. The van der Waals surface area contributed by atoms with Crippen LogP contribution in [0.4, 0.5) is 4.39 Å². The van der Waals surface area contributed by atoms with Crippen molar-refractivity contribution < 1.29 is 18.7 Å². The third kappa shape index (κ3) is 2.36. The van der Waals surface area contributed by atoms with Gasteiger partial charge in [-0.3, -0.25) is 0 Å². The Balaban J connectivity index is 1.96. The van der Waals surface area contributed by atoms with Gasteiger partial charge in [-0.1, -0.05) is 0 Å². The Labute approximate surface area is 109 Å². The van der Waals surface area contributed by atoms with E-state index in [0.29, 0.717) is 17.2 Å². The Bertz CT molecular complexity index is 603. The number of esters is 1. The molecule has 1 aliphatic heterocycles. The van der Waals surface area contributed by atoms with Crippen molar-refractivity contribution in [1.82, 2.24) is 0 Å². The van der Waals surface area contributed by atoms with Crippen molar-refractivity contribution in [2.45, 2.75) is 12.8 Å². The van der Waals surface area contributed by atoms with E-state index in [9.17, 15) is 9.18 Å². The molecule has 3 rings (SSSR count). The van der Waals surface area contributed by atoms with E-state index < -0.39 is 11.8 Å². The van der Waals surface area contributed by atoms with Crippen molar-refractivity contribution in [3.05, 3.63) is 35.3 Å². The largest absolute Gasteiger partial charge is 0.496 e. The van der Waals surface area contributed by atoms with Crippen LogP contribution in [-0.4, -0.2) is 19.0 Å². The molecule has 1 aromatic carbocycles. The first-order valence-electron chi connectivity index (χ1n) is 6.03. The molecule has 0 spiro atoms. The predicted octanol–water partition coefficient (Wildman–Crippen LogP) is 2.54. The molecule has 19 heavy (non-hydrogen) atoms. The molecule has 0 radical (unpaired) electrons. The predicted molar refractivity (Wildman–Crippen MR) is 67.2 cm³/mol. The van der Waals surface area contributed by atoms with Crippen LogP contribution in [0.1, 0.15) is 18.4 Å². The first-order valence-corrected chi connectivity index (χ1v) is 6.03. The highest BCUT2D eigenvalue weighted by Gasteiger charge is 2.35. The maximum Gasteiger partial charge on any atom is 0.363 e. The van der Waals surface area contributed by atoms with E-state index in [0.717, 1.165) is 12.8 Å². The van der Waals surface area contributed by atoms with E-state index >= 15 is 0 Å². The lowest BCUT2D eigenvalue weighted by atomic mass is 10.1. The molecule has 0 unspecified atom stereocenters. The number of carbonyl (C=O) groups is 1. The fraction of sp³-hybridized carbons (Fsp3) is 0.286. The first-order chi connectivity index (χ1) is 9.17. The summed E-state index contributed by atoms with van der Waals surface area (Å²) in [6, 6.07) is 4.10. The highest BCUT2D eigenvalue weighted by atomic mass is 19.1. The van der Waals surface area contributed by atoms with Gasteiger partial charge in [-0.2, -0.15) is 0 Å². The summed E-state index contributed by atoms with van der Waals surface area (Å²) in [7, 11) is 1.49. The minimum Gasteiger partial charge on any atom is -0.496 e. The van der Waals surface area contributed by atoms with Crippen molar-refractivity contribution in [2.75, 3.05) is 7.11 Å². The number of hydrogen-bond acceptors (Lipinski definition) is 4. The number of nitrogens with zero attached hydrogens (tertiary/aromatic N) is 1. The van der Waals surface area contributed by atoms with E-state index in [1.807, 2.05) is 0 Å². The minimum atomic E-state index is -0.492. The molecule has 2 aliphatic rings. The van der Waals surface area contributed by atoms with Gasteiger partial charge in [0.05, 0.1) is 7.11 Å². The van der Waals surface area contributed by atoms with Crippen LogP contribution in [0.2, 0.25) is 0 Å². The molecule has 0 N–H and O–H groups in total. The summed E-state index contributed by atoms with van der Waals surface area (Å²) in [6.45, 7) is 0. The number of halogens is 1. The Morgan fingerprint density at radius 1 is 1.47 bits per heavy atom. The molecule has 0 atom stereocenters. The highest BCUT2D eigenvalue weighted by Crippen LogP contribution is 2.35. The summed E-state index contributed by atoms with van der Waals surface area (Å²) in [5.74, 6) is 0.339. The van der Waals surface area contributed by atoms with E-state index in [-0.39, 0.29) is 11.6 Å². The first kappa shape index (κ1) is 11.9. The minimum absolute atomic E-state index is 0.186. The molecule has 1 aromatic rings. The zero-order chi connectivity index (χ0) is 13.4. The third-order valence-corrected chi connectivity index (χ3v) is 3.05. The highest BCUT2D eigenvalue weighted by molar-refractivity contribution is 6.08. The zero-order valence-corrected chi connectivity index (χ0v) is 10.4. The van der Waals surface area contributed by atoms with Crippen LogP contribution in [0.15, 0.2) is 28.9 Å². The summed E-state index contributed by atoms with van der Waals surface area (Å²) >= 11 is 0. The maximum atomic E-state index is 13.2. The van der Waals surface area contributed by atoms with Crippen LogP contribution in [-0.2, 0) is 9.53 Å². The standard InChI is InChI=1S/C14H12FNO3/c1-18-12-5-4-10(15)6-9(12)7-11-14(17)19-13(16-11)8-2-3-8/h4-8H,2-3H2,1H3/b11-7+. The van der Waals surface area contributed by atoms with Crippen LogP contribution >= 0.6 is 0 Å². The molecule has 5 heteroatoms. The molecule has 98 valence electrons. The van der Waals surface area contributed by atoms with Crippen LogP contribution in [0, 0.1) is 11.7 Å². The SMILES string of the molecule is COc1ccc(F)cc1/C=C1/N=C(C2CC2)OC1=O. The van der Waals surface area contributed by atoms with E-state index in [1.165, 1.54) is 31.4 Å². The van der Waals surface area contributed by atoms with Gasteiger partial charge in [0.2, 0.25) is 5.90 Å². The second-order valence-electron chi connectivity index (χ2n) is 4.53. The molecule has 0 bridgehead atoms. The average molecular weight is 261 g/mol. The van der Waals surface area contributed by atoms with Crippen molar-refractivity contribution in [1.29, 1.82) is 0 Å². The van der Waals surface area contributed by atoms with Gasteiger partial charge in [-0.25, -0.2) is 14.2 Å². The fourth-order valence-corrected chi connectivity index (χ4v) is 1.90. The molecule has 0 saturated heterocycles. The smallest absolute Gasteiger partial charge is 0.363 e. The van der Waals surface area contributed by atoms with Crippen LogP contribution in [0.25, 0.3) is 6.08 Å². The Morgan fingerprint density at radius 2 is 2.26 bits per heavy atom. The lowest BCUT2D eigenvalue weighted by Crippen LogP contribution is -2.05. The molecule has 1 heterocycles. The zero-order valence-electron chi connectivity index (χ0n) is 10.4. The van der Waals surface area contributed by atoms with Gasteiger partial charge in [0.1, 0.15) is 11.6 Å². The van der Waals surface area contributed by atoms with Gasteiger partial charge in [0.15, 0.2) is 5.70 Å². The number of ether oxygens (including phenoxy) is 2. The number of methoxy groups -OCH3 is 1. The van der Waals surface area contributed by atoms with E-state index in [4.69, 9.17) is 9.47 Å². The molecular formula is C14H12FNO3. The normalized spacial score (nSPS) is 20.4. The van der Waals surface area contributed by atoms with Gasteiger partial charge in [0, 0.05) is 11.5 Å². The maximum absolute atomic E-state index is 13.2. The van der Waals surface area contributed by atoms with E-state index in [2.05, 4.69) is 4.99 Å². The van der Waals surface area contributed by atoms with Crippen molar-refractivity contribution >= 4 is 17.9 Å². The molecule has 0 aromatic heterocycles. The van der Waals surface area contributed by atoms with Crippen LogP contribution in [0.3, 0.4) is 0 Å². The average Bonchev–Trinajstić information content (AvgIpc) is 3.16. The summed E-state index contributed by atoms with van der Waals surface area (Å²) in [5.41, 5.74) is 0.654. The summed E-state index contributed by atoms with van der Waals surface area (Å²) in [4.78, 5) is 15.8. The van der Waals surface area contributed by atoms with Gasteiger partial charge in [-0.05, 0) is 37.1 Å². The van der Waals surface area contributed by atoms with Crippen molar-refractivity contribution in [2.24, 2.45) is 10.9 Å². The quantitative estimate of drug-likeness (QED) is 0.620. The van der Waals surface area contributed by atoms with Gasteiger partial charge < -0.3 is 9.47 Å². The summed E-state index contributed by atoms with van der Waals surface area (Å²) < 4.78 is 23.4. The number of benzene rings is 1. The molecule has 4 nitrogen and oxygen atoms in total. The second-order valence-corrected chi connectivity index (χ2v) is 4.53. The van der Waals surface area contributed by atoms with E-state index in [1.54, 1.807) is 0 Å². The van der Waals surface area contributed by atoms with Gasteiger partial charge in [0.25, 0.3) is 0 Å². The third-order valence-electron chi connectivity index (χ3n) is 3.05. The number of cyclic esters (lactones) is 1. The van der Waals surface area contributed by atoms with Crippen LogP contribution < -0.4 is 4.74 Å². The molecule has 1 saturated carbocycles. The summed E-state index contributed by atoms with van der Waals surface area (Å²) in [5, 5.41) is 0. The van der Waals surface area contributed by atoms with Crippen molar-refractivity contribution in [3.8, 4) is 5.75 Å². The monoisotopic (exact) mass is 261 g/mol. The molecule has 0 amide bonds. The number of rotatable bonds is 3. The second kappa shape index (κ2) is 4.50. The lowest BCUT2D eigenvalue weighted by Gasteiger charge is -2.04. The number of carbonyl (C=O) groups excluding carboxylic acids is 1. The van der Waals surface area contributed by atoms with Crippen molar-refractivity contribution in [3.63, 3.8) is 0 Å².